The van der Waals surface area contributed by atoms with Gasteiger partial charge in [0.1, 0.15) is 22.3 Å². The van der Waals surface area contributed by atoms with Gasteiger partial charge in [0.2, 0.25) is 40.0 Å². The average molecular weight is 1580 g/mol. The second-order valence-corrected chi connectivity index (χ2v) is 29.6. The van der Waals surface area contributed by atoms with Gasteiger partial charge in [-0.05, 0) is 167 Å². The molecule has 6 aromatic heterocycles. The van der Waals surface area contributed by atoms with Gasteiger partial charge in [0.25, 0.3) is 17.7 Å². The van der Waals surface area contributed by atoms with Crippen molar-refractivity contribution in [1.29, 1.82) is 0 Å². The van der Waals surface area contributed by atoms with Gasteiger partial charge >= 0.3 is 0 Å². The topological polar surface area (TPSA) is 332 Å². The molecule has 29 heteroatoms. The number of hydroxylamine groups is 2. The minimum absolute atomic E-state index is 0.0237. The second kappa shape index (κ2) is 38.5. The second-order valence-electron chi connectivity index (χ2n) is 29.6. The van der Waals surface area contributed by atoms with Gasteiger partial charge in [-0.3, -0.25) is 43.2 Å². The molecular weight excluding hydrogens is 1480 g/mol. The molecule has 15 rings (SSSR count). The minimum atomic E-state index is -0.819. The van der Waals surface area contributed by atoms with E-state index in [9.17, 15) is 33.6 Å². The molecule has 1 saturated carbocycles. The molecule has 9 heterocycles. The van der Waals surface area contributed by atoms with Crippen molar-refractivity contribution in [2.45, 2.75) is 83.6 Å². The summed E-state index contributed by atoms with van der Waals surface area (Å²) in [5.41, 5.74) is 18.6. The number of piperidine rings is 1. The molecule has 3 aliphatic heterocycles. The van der Waals surface area contributed by atoms with Crippen LogP contribution in [0.3, 0.4) is 0 Å². The Balaban J connectivity index is 0.000000152. The monoisotopic (exact) mass is 1580 g/mol. The molecule has 5 aromatic carbocycles. The largest absolute Gasteiger partial charge is 0.365 e. The van der Waals surface area contributed by atoms with Gasteiger partial charge < -0.3 is 59.9 Å². The van der Waals surface area contributed by atoms with Gasteiger partial charge in [-0.25, -0.2) is 25.9 Å². The van der Waals surface area contributed by atoms with Crippen molar-refractivity contribution < 1.29 is 28.9 Å². The number of rotatable bonds is 22. The first kappa shape index (κ1) is 82.1. The fourth-order valence-corrected chi connectivity index (χ4v) is 14.8. The van der Waals surface area contributed by atoms with Crippen molar-refractivity contribution in [2.75, 3.05) is 122 Å². The number of hydrogen-bond donors (Lipinski definition) is 6. The van der Waals surface area contributed by atoms with E-state index in [1.54, 1.807) is 77.7 Å². The molecule has 4 amide bonds. The quantitative estimate of drug-likeness (QED) is 0.0272. The molecule has 11 aromatic rings. The first-order valence-electron chi connectivity index (χ1n) is 39.4. The number of hydrogen-bond acceptors (Lipinski definition) is 22. The lowest BCUT2D eigenvalue weighted by molar-refractivity contribution is -0.129. The number of likely N-dealkylation sites (N-methyl/N-ethyl adjacent to an activating group) is 2. The predicted molar refractivity (Wildman–Crippen MR) is 453 cm³/mol. The number of nitrogens with zero attached hydrogens (tertiary/aromatic N) is 14. The van der Waals surface area contributed by atoms with E-state index in [1.165, 1.54) is 61.2 Å². The highest BCUT2D eigenvalue weighted by Gasteiger charge is 2.27. The highest BCUT2D eigenvalue weighted by molar-refractivity contribution is 5.98. The fraction of sp³-hybridized carbons (Fsp3) is 0.330. The summed E-state index contributed by atoms with van der Waals surface area (Å²) in [6.07, 6.45) is 29.0. The number of terminal acetylenes is 2. The van der Waals surface area contributed by atoms with Gasteiger partial charge in [0, 0.05) is 168 Å². The minimum Gasteiger partial charge on any atom is -0.365 e. The Kier molecular flexibility index (Phi) is 27.0. The van der Waals surface area contributed by atoms with Crippen LogP contribution in [0.2, 0.25) is 0 Å². The van der Waals surface area contributed by atoms with Crippen LogP contribution in [0.25, 0.3) is 44.5 Å². The number of likely N-dealkylation sites (tertiary alicyclic amines) is 1. The SMILES string of the molecule is C#Cc1ccc(-n2cc(C(=O)NOC)c(=O)c3cnc(Nc4ccc(CCN5CCN(C)CC5)cc4)nc32)cc1.C#Cc1ccc(-n2cc(C(N)=O)c(=O)c3cnc(Nc4ccc(CCN5CCN(C)CC5)cc4)nc32)cc1.CCONC(=O)c1cn(C2CCCCC2)c2nc(Nc3ccc(C4CCN(C(C)=O)CC4)cc3)ncc2c1=O. The van der Waals surface area contributed by atoms with Crippen LogP contribution in [0.1, 0.15) is 130 Å². The standard InChI is InChI=1S/C30H31N7O3.C29H29N7O2.C29H36N6O4/c1-4-21-7-11-24(12-8-21)37-20-26(29(39)34-40-3)27(38)25-19-31-30(33-28(25)37)32-23-9-5-22(6-10-23)13-14-36-17-15-35(2)16-18-36;1-3-20-6-10-23(11-7-20)36-19-25(27(30)38)26(37)24-18-31-29(33-28(24)36)32-22-8-4-21(5-9-22)12-13-35-16-14-34(2)15-17-35;1-3-39-33-28(38)25-18-35(23-7-5-4-6-8-23)27-24(26(25)37)17-30-29(32-27)31-22-11-9-20(10-12-22)21-13-15-34(16-14-21)19(2)36/h1,5-12,19-20H,13-18H2,2-3H3,(H,34,39)(H,31,32,33);1,4-11,18-19H,12-17H2,2H3,(H2,30,38)(H,31,32,33);9-12,17-18,21,23H,3-8,13-16H2,1-2H3,(H,33,38)(H,30,31,32). The van der Waals surface area contributed by atoms with E-state index in [1.807, 2.05) is 45.9 Å². The molecule has 0 unspecified atom stereocenters. The zero-order valence-electron chi connectivity index (χ0n) is 66.4. The van der Waals surface area contributed by atoms with E-state index < -0.39 is 34.0 Å². The third-order valence-electron chi connectivity index (χ3n) is 21.7. The number of primary amides is 1. The number of pyridine rings is 3. The Bertz CT molecular complexity index is 5660. The first-order chi connectivity index (χ1) is 56.8. The van der Waals surface area contributed by atoms with E-state index in [-0.39, 0.29) is 39.4 Å². The number of nitrogens with two attached hydrogens (primary N) is 1. The lowest BCUT2D eigenvalue weighted by Gasteiger charge is -2.32. The maximum absolute atomic E-state index is 13.2. The number of aromatic nitrogens is 9. The number of piperazine rings is 2. The maximum Gasteiger partial charge on any atom is 0.280 e. The number of fused-ring (bicyclic) bond motifs is 3. The van der Waals surface area contributed by atoms with Crippen LogP contribution in [0.15, 0.2) is 173 Å². The van der Waals surface area contributed by atoms with E-state index in [0.29, 0.717) is 75.2 Å². The van der Waals surface area contributed by atoms with Crippen molar-refractivity contribution in [1.82, 2.24) is 79.1 Å². The molecule has 3 saturated heterocycles. The van der Waals surface area contributed by atoms with Gasteiger partial charge in [-0.2, -0.15) is 15.0 Å². The molecule has 1 aliphatic carbocycles. The molecule has 0 atom stereocenters. The summed E-state index contributed by atoms with van der Waals surface area (Å²) in [7, 11) is 5.63. The Morgan fingerprint density at radius 3 is 1.34 bits per heavy atom. The smallest absolute Gasteiger partial charge is 0.280 e. The number of carbonyl (C=O) groups excluding carboxylic acids is 4. The lowest BCUT2D eigenvalue weighted by Crippen LogP contribution is -2.45. The Labute approximate surface area is 677 Å². The fourth-order valence-electron chi connectivity index (χ4n) is 14.8. The Hall–Kier alpha value is -12.9. The molecule has 4 fully saturated rings. The molecule has 0 bridgehead atoms. The Morgan fingerprint density at radius 1 is 0.504 bits per heavy atom. The van der Waals surface area contributed by atoms with Crippen LogP contribution in [0.5, 0.6) is 0 Å². The van der Waals surface area contributed by atoms with Crippen molar-refractivity contribution >= 4 is 91.6 Å². The van der Waals surface area contributed by atoms with Crippen LogP contribution in [0, 0.1) is 24.7 Å². The summed E-state index contributed by atoms with van der Waals surface area (Å²) in [4.78, 5) is 137. The molecule has 29 nitrogen and oxygen atoms in total. The molecule has 117 heavy (non-hydrogen) atoms. The summed E-state index contributed by atoms with van der Waals surface area (Å²) >= 11 is 0. The van der Waals surface area contributed by atoms with Crippen LogP contribution < -0.4 is 48.9 Å². The van der Waals surface area contributed by atoms with Crippen molar-refractivity contribution in [3.63, 3.8) is 0 Å². The number of anilines is 6. The molecule has 0 spiro atoms. The van der Waals surface area contributed by atoms with Gasteiger partial charge in [0.05, 0.1) is 29.9 Å². The van der Waals surface area contributed by atoms with Crippen molar-refractivity contribution in [3.05, 3.63) is 234 Å². The Morgan fingerprint density at radius 2 is 0.915 bits per heavy atom. The molecular formula is C88H96N20O9. The summed E-state index contributed by atoms with van der Waals surface area (Å²) in [6, 6.07) is 39.1. The normalized spacial score (nSPS) is 15.1. The highest BCUT2D eigenvalue weighted by atomic mass is 16.7. The molecule has 602 valence electrons. The zero-order valence-corrected chi connectivity index (χ0v) is 66.4. The van der Waals surface area contributed by atoms with E-state index >= 15 is 0 Å². The van der Waals surface area contributed by atoms with Crippen LogP contribution in [-0.2, 0) is 27.3 Å². The lowest BCUT2D eigenvalue weighted by atomic mass is 9.89. The van der Waals surface area contributed by atoms with Crippen LogP contribution in [-0.4, -0.2) is 198 Å². The summed E-state index contributed by atoms with van der Waals surface area (Å²) in [6.45, 7) is 16.2. The van der Waals surface area contributed by atoms with Crippen molar-refractivity contribution in [2.24, 2.45) is 5.73 Å². The van der Waals surface area contributed by atoms with Crippen LogP contribution in [0.4, 0.5) is 34.9 Å². The predicted octanol–water partition coefficient (Wildman–Crippen LogP) is 9.43. The average Bonchev–Trinajstić information content (AvgIpc) is 0.772. The van der Waals surface area contributed by atoms with E-state index in [4.69, 9.17) is 33.2 Å². The van der Waals surface area contributed by atoms with E-state index in [2.05, 4.69) is 134 Å². The summed E-state index contributed by atoms with van der Waals surface area (Å²) < 4.78 is 5.28. The molecule has 7 N–H and O–H groups in total. The third kappa shape index (κ3) is 20.4. The van der Waals surface area contributed by atoms with Crippen molar-refractivity contribution in [3.8, 4) is 36.1 Å². The van der Waals surface area contributed by atoms with Gasteiger partial charge in [-0.1, -0.05) is 67.5 Å². The van der Waals surface area contributed by atoms with E-state index in [0.717, 1.165) is 147 Å². The maximum atomic E-state index is 13.2. The molecule has 4 aliphatic rings. The molecule has 0 radical (unpaired) electrons. The number of amides is 4. The number of benzene rings is 5. The zero-order chi connectivity index (χ0) is 82.1. The van der Waals surface area contributed by atoms with Crippen LogP contribution >= 0.6 is 0 Å². The highest BCUT2D eigenvalue weighted by Crippen LogP contribution is 2.33. The summed E-state index contributed by atoms with van der Waals surface area (Å²) in [5, 5.41) is 10.4. The van der Waals surface area contributed by atoms with Gasteiger partial charge in [0.15, 0.2) is 11.3 Å². The summed E-state index contributed by atoms with van der Waals surface area (Å²) in [5.74, 6) is 4.71. The number of nitrogens with one attached hydrogen (secondary N) is 5. The third-order valence-corrected chi connectivity index (χ3v) is 21.7. The number of carbonyl (C=O) groups is 4. The first-order valence-corrected chi connectivity index (χ1v) is 39.4. The van der Waals surface area contributed by atoms with Gasteiger partial charge in [-0.15, -0.1) is 12.8 Å².